The molecule has 1 aliphatic carbocycles. The Hall–Kier alpha value is -1.35. The van der Waals surface area contributed by atoms with Crippen molar-refractivity contribution in [1.82, 2.24) is 20.2 Å². The van der Waals surface area contributed by atoms with Crippen molar-refractivity contribution in [1.29, 1.82) is 0 Å². The second-order valence-electron chi connectivity index (χ2n) is 7.57. The summed E-state index contributed by atoms with van der Waals surface area (Å²) >= 11 is 0. The van der Waals surface area contributed by atoms with E-state index in [0.29, 0.717) is 12.6 Å². The molecule has 2 heterocycles. The molecule has 1 aromatic heterocycles. The number of aromatic amines is 1. The Morgan fingerprint density at radius 3 is 2.78 bits per heavy atom. The van der Waals surface area contributed by atoms with Crippen LogP contribution in [0.1, 0.15) is 37.1 Å². The number of benzene rings is 1. The van der Waals surface area contributed by atoms with Crippen LogP contribution in [0.15, 0.2) is 23.2 Å². The molecule has 1 saturated heterocycles. The predicted octanol–water partition coefficient (Wildman–Crippen LogP) is 3.46. The van der Waals surface area contributed by atoms with Gasteiger partial charge in [0.1, 0.15) is 5.82 Å². The summed E-state index contributed by atoms with van der Waals surface area (Å²) < 4.78 is 6.04. The smallest absolute Gasteiger partial charge is 0.194 e. The zero-order chi connectivity index (χ0) is 17.9. The number of nitrogens with zero attached hydrogens (tertiary/aromatic N) is 3. The van der Waals surface area contributed by atoms with Crippen molar-refractivity contribution in [3.05, 3.63) is 29.6 Å². The van der Waals surface area contributed by atoms with Gasteiger partial charge < -0.3 is 19.9 Å². The quantitative estimate of drug-likeness (QED) is 0.389. The zero-order valence-electron chi connectivity index (χ0n) is 16.2. The molecule has 0 radical (unpaired) electrons. The van der Waals surface area contributed by atoms with Crippen molar-refractivity contribution in [2.45, 2.75) is 45.3 Å². The molecule has 148 valence electrons. The van der Waals surface area contributed by atoms with Gasteiger partial charge in [-0.25, -0.2) is 4.98 Å². The first kappa shape index (κ1) is 20.4. The van der Waals surface area contributed by atoms with Gasteiger partial charge in [-0.15, -0.1) is 24.0 Å². The summed E-state index contributed by atoms with van der Waals surface area (Å²) in [6, 6.07) is 6.29. The van der Waals surface area contributed by atoms with Crippen LogP contribution < -0.4 is 5.32 Å². The van der Waals surface area contributed by atoms with Gasteiger partial charge in [-0.1, -0.05) is 6.07 Å². The minimum absolute atomic E-state index is 0. The first-order valence-electron chi connectivity index (χ1n) is 9.73. The van der Waals surface area contributed by atoms with Crippen molar-refractivity contribution in [2.75, 3.05) is 26.7 Å². The van der Waals surface area contributed by atoms with Crippen molar-refractivity contribution in [2.24, 2.45) is 10.9 Å². The van der Waals surface area contributed by atoms with Gasteiger partial charge in [0.25, 0.3) is 0 Å². The maximum Gasteiger partial charge on any atom is 0.194 e. The Labute approximate surface area is 178 Å². The second kappa shape index (κ2) is 9.23. The van der Waals surface area contributed by atoms with E-state index in [9.17, 15) is 0 Å². The molecule has 0 amide bonds. The fraction of sp³-hybridized carbons (Fsp3) is 0.600. The molecule has 0 spiro atoms. The minimum Gasteiger partial charge on any atom is -0.378 e. The number of hydrogen-bond acceptors (Lipinski definition) is 3. The number of aryl methyl sites for hydroxylation is 1. The zero-order valence-corrected chi connectivity index (χ0v) is 18.5. The van der Waals surface area contributed by atoms with Gasteiger partial charge >= 0.3 is 0 Å². The third kappa shape index (κ3) is 5.34. The molecule has 1 aliphatic heterocycles. The number of fused-ring (bicyclic) bond motifs is 1. The third-order valence-electron chi connectivity index (χ3n) is 5.32. The largest absolute Gasteiger partial charge is 0.378 e. The molecule has 4 rings (SSSR count). The average molecular weight is 483 g/mol. The number of nitrogens with one attached hydrogen (secondary N) is 2. The molecule has 0 unspecified atom stereocenters. The predicted molar refractivity (Wildman–Crippen MR) is 120 cm³/mol. The molecule has 1 saturated carbocycles. The highest BCUT2D eigenvalue weighted by molar-refractivity contribution is 14.0. The van der Waals surface area contributed by atoms with Gasteiger partial charge in [0.15, 0.2) is 5.96 Å². The van der Waals surface area contributed by atoms with E-state index >= 15 is 0 Å². The van der Waals surface area contributed by atoms with E-state index in [0.717, 1.165) is 61.3 Å². The molecule has 1 aromatic carbocycles. The van der Waals surface area contributed by atoms with Crippen LogP contribution in [0.25, 0.3) is 11.0 Å². The number of aromatic nitrogens is 2. The van der Waals surface area contributed by atoms with Crippen LogP contribution in [0, 0.1) is 12.8 Å². The first-order chi connectivity index (χ1) is 12.7. The minimum atomic E-state index is 0. The molecule has 2 N–H and O–H groups in total. The number of piperidine rings is 1. The lowest BCUT2D eigenvalue weighted by molar-refractivity contribution is 0.0131. The number of guanidine groups is 1. The van der Waals surface area contributed by atoms with E-state index in [2.05, 4.69) is 50.3 Å². The van der Waals surface area contributed by atoms with Crippen molar-refractivity contribution in [3.63, 3.8) is 0 Å². The lowest BCUT2D eigenvalue weighted by Gasteiger charge is -2.34. The number of hydrogen-bond donors (Lipinski definition) is 2. The standard InChI is InChI=1S/C20H29N5O.HI/c1-14-3-6-17-18(11-14)24-19(23-17)12-22-20(21-2)25-9-7-16(8-10-25)26-13-15-4-5-15;/h3,6,11,15-16H,4-5,7-10,12-13H2,1-2H3,(H,21,22)(H,23,24);1H. The number of likely N-dealkylation sites (tertiary alicyclic amines) is 1. The molecule has 7 heteroatoms. The second-order valence-corrected chi connectivity index (χ2v) is 7.57. The van der Waals surface area contributed by atoms with E-state index in [4.69, 9.17) is 4.74 Å². The molecule has 2 fully saturated rings. The summed E-state index contributed by atoms with van der Waals surface area (Å²) in [5.41, 5.74) is 3.34. The maximum atomic E-state index is 6.04. The number of aliphatic imine (C=N–C) groups is 1. The van der Waals surface area contributed by atoms with Crippen LogP contribution in [-0.4, -0.2) is 53.7 Å². The van der Waals surface area contributed by atoms with Crippen LogP contribution in [-0.2, 0) is 11.3 Å². The maximum absolute atomic E-state index is 6.04. The lowest BCUT2D eigenvalue weighted by Crippen LogP contribution is -2.46. The van der Waals surface area contributed by atoms with E-state index < -0.39 is 0 Å². The van der Waals surface area contributed by atoms with Gasteiger partial charge in [0, 0.05) is 26.7 Å². The summed E-state index contributed by atoms with van der Waals surface area (Å²) in [6.07, 6.45) is 5.30. The van der Waals surface area contributed by atoms with Crippen LogP contribution in [0.2, 0.25) is 0 Å². The molecule has 0 atom stereocenters. The van der Waals surface area contributed by atoms with Crippen molar-refractivity contribution >= 4 is 41.0 Å². The highest BCUT2D eigenvalue weighted by Crippen LogP contribution is 2.30. The summed E-state index contributed by atoms with van der Waals surface area (Å²) in [6.45, 7) is 5.70. The summed E-state index contributed by atoms with van der Waals surface area (Å²) in [4.78, 5) is 14.8. The Bertz CT molecular complexity index is 778. The monoisotopic (exact) mass is 483 g/mol. The Balaban J connectivity index is 0.00000210. The van der Waals surface area contributed by atoms with Crippen LogP contribution in [0.3, 0.4) is 0 Å². The fourth-order valence-corrected chi connectivity index (χ4v) is 3.55. The number of halogens is 1. The van der Waals surface area contributed by atoms with Crippen LogP contribution >= 0.6 is 24.0 Å². The number of ether oxygens (including phenoxy) is 1. The fourth-order valence-electron chi connectivity index (χ4n) is 3.55. The topological polar surface area (TPSA) is 65.5 Å². The Morgan fingerprint density at radius 2 is 2.07 bits per heavy atom. The summed E-state index contributed by atoms with van der Waals surface area (Å²) in [5.74, 6) is 2.73. The van der Waals surface area contributed by atoms with Crippen LogP contribution in [0.4, 0.5) is 0 Å². The van der Waals surface area contributed by atoms with Gasteiger partial charge in [0.05, 0.1) is 23.7 Å². The molecule has 27 heavy (non-hydrogen) atoms. The van der Waals surface area contributed by atoms with Crippen molar-refractivity contribution in [3.8, 4) is 0 Å². The Kier molecular flexibility index (Phi) is 6.97. The molecular formula is C20H30IN5O. The SMILES string of the molecule is CN=C(NCc1nc2ccc(C)cc2[nH]1)N1CCC(OCC2CC2)CC1.I. The first-order valence-corrected chi connectivity index (χ1v) is 9.73. The van der Waals surface area contributed by atoms with Crippen molar-refractivity contribution < 1.29 is 4.74 Å². The molecule has 6 nitrogen and oxygen atoms in total. The summed E-state index contributed by atoms with van der Waals surface area (Å²) in [7, 11) is 1.85. The Morgan fingerprint density at radius 1 is 1.30 bits per heavy atom. The van der Waals surface area contributed by atoms with Crippen LogP contribution in [0.5, 0.6) is 0 Å². The number of rotatable bonds is 5. The van der Waals surface area contributed by atoms with Gasteiger partial charge in [0.2, 0.25) is 0 Å². The number of H-pyrrole nitrogens is 1. The van der Waals surface area contributed by atoms with Gasteiger partial charge in [-0.3, -0.25) is 4.99 Å². The highest BCUT2D eigenvalue weighted by Gasteiger charge is 2.26. The molecule has 2 aliphatic rings. The van der Waals surface area contributed by atoms with Gasteiger partial charge in [-0.2, -0.15) is 0 Å². The van der Waals surface area contributed by atoms with E-state index in [1.165, 1.54) is 18.4 Å². The van der Waals surface area contributed by atoms with E-state index in [1.807, 2.05) is 7.05 Å². The lowest BCUT2D eigenvalue weighted by atomic mass is 10.1. The molecular weight excluding hydrogens is 453 g/mol. The van der Waals surface area contributed by atoms with E-state index in [1.54, 1.807) is 0 Å². The normalized spacial score (nSPS) is 18.6. The van der Waals surface area contributed by atoms with Gasteiger partial charge in [-0.05, 0) is 56.2 Å². The molecule has 2 aromatic rings. The average Bonchev–Trinajstić information content (AvgIpc) is 3.40. The highest BCUT2D eigenvalue weighted by atomic mass is 127. The third-order valence-corrected chi connectivity index (χ3v) is 5.32. The molecule has 0 bridgehead atoms. The summed E-state index contributed by atoms with van der Waals surface area (Å²) in [5, 5.41) is 3.45. The van der Waals surface area contributed by atoms with E-state index in [-0.39, 0.29) is 24.0 Å². The number of imidazole rings is 1.